The van der Waals surface area contributed by atoms with Crippen LogP contribution in [0.25, 0.3) is 5.65 Å². The van der Waals surface area contributed by atoms with Crippen LogP contribution in [0.4, 0.5) is 5.82 Å². The van der Waals surface area contributed by atoms with Gasteiger partial charge in [-0.3, -0.25) is 9.69 Å². The standard InChI is InChI=1S/C16H24N6O/c1-12(2)18-16(23)13(3)20-8-10-21(11-9-20)14-5-7-22-15(19-14)4-6-17-22/h4-7,12-13H,8-11H2,1-3H3,(H,18,23). The Balaban J connectivity index is 1.60. The average molecular weight is 316 g/mol. The van der Waals surface area contributed by atoms with Gasteiger partial charge in [-0.25, -0.2) is 9.50 Å². The molecule has 124 valence electrons. The van der Waals surface area contributed by atoms with Crippen molar-refractivity contribution in [2.45, 2.75) is 32.9 Å². The van der Waals surface area contributed by atoms with Gasteiger partial charge in [0.25, 0.3) is 0 Å². The zero-order valence-electron chi connectivity index (χ0n) is 13.9. The van der Waals surface area contributed by atoms with Gasteiger partial charge in [-0.2, -0.15) is 5.10 Å². The molecule has 1 atom stereocenters. The third kappa shape index (κ3) is 3.44. The van der Waals surface area contributed by atoms with Gasteiger partial charge in [0.2, 0.25) is 5.91 Å². The second-order valence-electron chi connectivity index (χ2n) is 6.28. The molecule has 3 heterocycles. The first-order valence-corrected chi connectivity index (χ1v) is 8.14. The molecule has 23 heavy (non-hydrogen) atoms. The lowest BCUT2D eigenvalue weighted by molar-refractivity contribution is -0.126. The molecule has 7 heteroatoms. The van der Waals surface area contributed by atoms with Gasteiger partial charge in [0.05, 0.1) is 12.2 Å². The van der Waals surface area contributed by atoms with Crippen LogP contribution >= 0.6 is 0 Å². The van der Waals surface area contributed by atoms with E-state index in [4.69, 9.17) is 0 Å². The lowest BCUT2D eigenvalue weighted by Crippen LogP contribution is -2.54. The number of rotatable bonds is 4. The summed E-state index contributed by atoms with van der Waals surface area (Å²) in [5.74, 6) is 1.07. The second kappa shape index (κ2) is 6.54. The molecule has 0 saturated carbocycles. The molecule has 0 aromatic carbocycles. The first kappa shape index (κ1) is 15.7. The number of nitrogens with zero attached hydrogens (tertiary/aromatic N) is 5. The van der Waals surface area contributed by atoms with Crippen LogP contribution in [0, 0.1) is 0 Å². The van der Waals surface area contributed by atoms with E-state index in [1.165, 1.54) is 0 Å². The summed E-state index contributed by atoms with van der Waals surface area (Å²) in [7, 11) is 0. The van der Waals surface area contributed by atoms with E-state index in [-0.39, 0.29) is 18.0 Å². The predicted molar refractivity (Wildman–Crippen MR) is 89.5 cm³/mol. The first-order chi connectivity index (χ1) is 11.0. The molecule has 0 radical (unpaired) electrons. The summed E-state index contributed by atoms with van der Waals surface area (Å²) in [5.41, 5.74) is 0.856. The van der Waals surface area contributed by atoms with Crippen LogP contribution in [-0.2, 0) is 4.79 Å². The Morgan fingerprint density at radius 3 is 2.61 bits per heavy atom. The summed E-state index contributed by atoms with van der Waals surface area (Å²) in [6.07, 6.45) is 3.68. The number of aromatic nitrogens is 3. The quantitative estimate of drug-likeness (QED) is 0.902. The molecule has 0 bridgehead atoms. The van der Waals surface area contributed by atoms with E-state index < -0.39 is 0 Å². The summed E-state index contributed by atoms with van der Waals surface area (Å²) < 4.78 is 1.76. The van der Waals surface area contributed by atoms with Gasteiger partial charge in [0, 0.05) is 44.5 Å². The summed E-state index contributed by atoms with van der Waals surface area (Å²) in [4.78, 5) is 21.3. The van der Waals surface area contributed by atoms with Gasteiger partial charge >= 0.3 is 0 Å². The molecule has 1 fully saturated rings. The minimum Gasteiger partial charge on any atom is -0.354 e. The Hall–Kier alpha value is -2.15. The van der Waals surface area contributed by atoms with Crippen molar-refractivity contribution < 1.29 is 4.79 Å². The van der Waals surface area contributed by atoms with Gasteiger partial charge in [-0.15, -0.1) is 0 Å². The highest BCUT2D eigenvalue weighted by molar-refractivity contribution is 5.81. The largest absolute Gasteiger partial charge is 0.354 e. The number of hydrogen-bond donors (Lipinski definition) is 1. The lowest BCUT2D eigenvalue weighted by atomic mass is 10.2. The van der Waals surface area contributed by atoms with Crippen molar-refractivity contribution in [2.24, 2.45) is 0 Å². The van der Waals surface area contributed by atoms with Crippen LogP contribution in [0.15, 0.2) is 24.5 Å². The van der Waals surface area contributed by atoms with E-state index in [2.05, 4.69) is 25.2 Å². The molecular formula is C16H24N6O. The zero-order valence-corrected chi connectivity index (χ0v) is 13.9. The molecule has 1 aliphatic heterocycles. The van der Waals surface area contributed by atoms with Crippen LogP contribution in [0.1, 0.15) is 20.8 Å². The lowest BCUT2D eigenvalue weighted by Gasteiger charge is -2.38. The number of fused-ring (bicyclic) bond motifs is 1. The Kier molecular flexibility index (Phi) is 4.47. The van der Waals surface area contributed by atoms with Crippen molar-refractivity contribution in [3.05, 3.63) is 24.5 Å². The Morgan fingerprint density at radius 1 is 1.17 bits per heavy atom. The molecular weight excluding hydrogens is 292 g/mol. The van der Waals surface area contributed by atoms with Crippen LogP contribution in [0.3, 0.4) is 0 Å². The molecule has 2 aromatic heterocycles. The topological polar surface area (TPSA) is 65.8 Å². The van der Waals surface area contributed by atoms with E-state index in [9.17, 15) is 4.79 Å². The molecule has 3 rings (SSSR count). The molecule has 2 aromatic rings. The Labute approximate surface area is 136 Å². The zero-order chi connectivity index (χ0) is 16.4. The molecule has 0 aliphatic carbocycles. The smallest absolute Gasteiger partial charge is 0.237 e. The van der Waals surface area contributed by atoms with E-state index in [1.807, 2.05) is 39.1 Å². The van der Waals surface area contributed by atoms with Crippen molar-refractivity contribution in [1.29, 1.82) is 0 Å². The third-order valence-electron chi connectivity index (χ3n) is 4.24. The highest BCUT2D eigenvalue weighted by atomic mass is 16.2. The van der Waals surface area contributed by atoms with Crippen molar-refractivity contribution >= 4 is 17.4 Å². The van der Waals surface area contributed by atoms with Gasteiger partial charge in [-0.1, -0.05) is 0 Å². The van der Waals surface area contributed by atoms with Crippen LogP contribution < -0.4 is 10.2 Å². The van der Waals surface area contributed by atoms with Crippen molar-refractivity contribution in [3.63, 3.8) is 0 Å². The van der Waals surface area contributed by atoms with E-state index in [0.717, 1.165) is 37.6 Å². The summed E-state index contributed by atoms with van der Waals surface area (Å²) in [6.45, 7) is 9.41. The normalized spacial score (nSPS) is 17.7. The van der Waals surface area contributed by atoms with Crippen molar-refractivity contribution in [3.8, 4) is 0 Å². The molecule has 1 unspecified atom stereocenters. The van der Waals surface area contributed by atoms with Crippen molar-refractivity contribution in [1.82, 2.24) is 24.8 Å². The number of amides is 1. The monoisotopic (exact) mass is 316 g/mol. The fourth-order valence-electron chi connectivity index (χ4n) is 2.89. The van der Waals surface area contributed by atoms with Gasteiger partial charge < -0.3 is 10.2 Å². The maximum absolute atomic E-state index is 12.1. The van der Waals surface area contributed by atoms with Crippen LogP contribution in [-0.4, -0.2) is 63.7 Å². The molecule has 1 saturated heterocycles. The number of carbonyl (C=O) groups is 1. The Morgan fingerprint density at radius 2 is 1.91 bits per heavy atom. The minimum absolute atomic E-state index is 0.0928. The maximum atomic E-state index is 12.1. The number of anilines is 1. The molecule has 7 nitrogen and oxygen atoms in total. The first-order valence-electron chi connectivity index (χ1n) is 8.14. The van der Waals surface area contributed by atoms with E-state index in [0.29, 0.717) is 0 Å². The number of nitrogens with one attached hydrogen (secondary N) is 1. The fourth-order valence-corrected chi connectivity index (χ4v) is 2.89. The number of hydrogen-bond acceptors (Lipinski definition) is 5. The SMILES string of the molecule is CC(C)NC(=O)C(C)N1CCN(c2ccn3nccc3n2)CC1. The van der Waals surface area contributed by atoms with E-state index in [1.54, 1.807) is 10.7 Å². The molecule has 0 spiro atoms. The molecule has 1 aliphatic rings. The number of piperazine rings is 1. The maximum Gasteiger partial charge on any atom is 0.237 e. The fraction of sp³-hybridized carbons (Fsp3) is 0.562. The van der Waals surface area contributed by atoms with Crippen molar-refractivity contribution in [2.75, 3.05) is 31.1 Å². The highest BCUT2D eigenvalue weighted by Crippen LogP contribution is 2.16. The van der Waals surface area contributed by atoms with Gasteiger partial charge in [0.15, 0.2) is 5.65 Å². The summed E-state index contributed by atoms with van der Waals surface area (Å²) >= 11 is 0. The summed E-state index contributed by atoms with van der Waals surface area (Å²) in [6, 6.07) is 3.98. The molecule has 1 N–H and O–H groups in total. The average Bonchev–Trinajstić information content (AvgIpc) is 3.01. The molecule has 1 amide bonds. The minimum atomic E-state index is -0.0928. The van der Waals surface area contributed by atoms with Crippen LogP contribution in [0.5, 0.6) is 0 Å². The number of carbonyl (C=O) groups excluding carboxylic acids is 1. The highest BCUT2D eigenvalue weighted by Gasteiger charge is 2.26. The second-order valence-corrected chi connectivity index (χ2v) is 6.28. The van der Waals surface area contributed by atoms with E-state index >= 15 is 0 Å². The Bertz CT molecular complexity index is 674. The summed E-state index contributed by atoms with van der Waals surface area (Å²) in [5, 5.41) is 7.15. The van der Waals surface area contributed by atoms with Gasteiger partial charge in [0.1, 0.15) is 5.82 Å². The van der Waals surface area contributed by atoms with Gasteiger partial charge in [-0.05, 0) is 26.8 Å². The predicted octanol–water partition coefficient (Wildman–Crippen LogP) is 0.764. The third-order valence-corrected chi connectivity index (χ3v) is 4.24. The van der Waals surface area contributed by atoms with Crippen LogP contribution in [0.2, 0.25) is 0 Å².